The molecule has 1 aromatic rings. The molecule has 0 saturated heterocycles. The second-order valence-electron chi connectivity index (χ2n) is 3.91. The van der Waals surface area contributed by atoms with Gasteiger partial charge < -0.3 is 0 Å². The number of benzene rings is 1. The molecule has 0 amide bonds. The van der Waals surface area contributed by atoms with Crippen LogP contribution in [0.2, 0.25) is 0 Å². The first-order chi connectivity index (χ1) is 7.29. The van der Waals surface area contributed by atoms with Crippen LogP contribution in [-0.4, -0.2) is 19.6 Å². The Morgan fingerprint density at radius 2 is 1.73 bits per heavy atom. The molecule has 1 nitrogen and oxygen atoms in total. The molecule has 0 radical (unpaired) electrons. The molecule has 1 rings (SSSR count). The first-order valence-electron chi connectivity index (χ1n) is 5.81. The largest absolute Gasteiger partial charge is 0.291 e. The quantitative estimate of drug-likeness (QED) is 0.490. The van der Waals surface area contributed by atoms with Crippen molar-refractivity contribution in [2.45, 2.75) is 20.3 Å². The van der Waals surface area contributed by atoms with Gasteiger partial charge in [0.2, 0.25) is 0 Å². The van der Waals surface area contributed by atoms with E-state index in [-0.39, 0.29) is 0 Å². The summed E-state index contributed by atoms with van der Waals surface area (Å²) in [6.07, 6.45) is 3.10. The van der Waals surface area contributed by atoms with Crippen LogP contribution < -0.4 is 4.48 Å². The van der Waals surface area contributed by atoms with Gasteiger partial charge in [0.25, 0.3) is 0 Å². The van der Waals surface area contributed by atoms with Gasteiger partial charge in [0.1, 0.15) is 5.69 Å². The normalized spacial score (nSPS) is 11.3. The van der Waals surface area contributed by atoms with E-state index >= 15 is 0 Å². The van der Waals surface area contributed by atoms with Crippen molar-refractivity contribution in [3.8, 4) is 0 Å². The highest BCUT2D eigenvalue weighted by molar-refractivity contribution is 5.42. The van der Waals surface area contributed by atoms with E-state index in [1.807, 2.05) is 6.08 Å². The van der Waals surface area contributed by atoms with Crippen molar-refractivity contribution < 1.29 is 0 Å². The summed E-state index contributed by atoms with van der Waals surface area (Å²) < 4.78 is 1.06. The highest BCUT2D eigenvalue weighted by atomic mass is 15.3. The lowest BCUT2D eigenvalue weighted by atomic mass is 10.2. The molecule has 0 aliphatic rings. The van der Waals surface area contributed by atoms with Gasteiger partial charge in [0.05, 0.1) is 19.6 Å². The summed E-state index contributed by atoms with van der Waals surface area (Å²) in [4.78, 5) is 0. The summed E-state index contributed by atoms with van der Waals surface area (Å²) in [6.45, 7) is 11.8. The molecule has 82 valence electrons. The van der Waals surface area contributed by atoms with Gasteiger partial charge in [-0.1, -0.05) is 24.3 Å². The van der Waals surface area contributed by atoms with Gasteiger partial charge in [-0.3, -0.25) is 4.48 Å². The fourth-order valence-corrected chi connectivity index (χ4v) is 2.12. The Kier molecular flexibility index (Phi) is 4.57. The number of nitrogens with zero attached hydrogens (tertiary/aromatic N) is 1. The third-order valence-electron chi connectivity index (χ3n) is 3.28. The summed E-state index contributed by atoms with van der Waals surface area (Å²) in [6, 6.07) is 10.8. The molecule has 15 heavy (non-hydrogen) atoms. The number of para-hydroxylation sites is 1. The molecule has 0 heterocycles. The van der Waals surface area contributed by atoms with E-state index in [0.29, 0.717) is 0 Å². The minimum Gasteiger partial charge on any atom is -0.291 e. The SMILES string of the molecule is C=CCC[N+](CC)(CC)c1ccccc1. The summed E-state index contributed by atoms with van der Waals surface area (Å²) in [7, 11) is 0. The Morgan fingerprint density at radius 1 is 1.13 bits per heavy atom. The number of quaternary nitrogens is 1. The fourth-order valence-electron chi connectivity index (χ4n) is 2.12. The lowest BCUT2D eigenvalue weighted by Crippen LogP contribution is -2.49. The van der Waals surface area contributed by atoms with E-state index < -0.39 is 0 Å². The minimum absolute atomic E-state index is 1.06. The van der Waals surface area contributed by atoms with E-state index in [0.717, 1.165) is 30.5 Å². The topological polar surface area (TPSA) is 0 Å². The smallest absolute Gasteiger partial charge is 0.132 e. The lowest BCUT2D eigenvalue weighted by molar-refractivity contribution is 0.305. The Morgan fingerprint density at radius 3 is 2.20 bits per heavy atom. The van der Waals surface area contributed by atoms with Crippen molar-refractivity contribution >= 4 is 5.69 Å². The third kappa shape index (κ3) is 2.69. The highest BCUT2D eigenvalue weighted by Crippen LogP contribution is 2.22. The molecule has 0 aromatic heterocycles. The minimum atomic E-state index is 1.06. The molecule has 0 spiro atoms. The second kappa shape index (κ2) is 5.72. The molecule has 0 bridgehead atoms. The van der Waals surface area contributed by atoms with Crippen LogP contribution in [0.4, 0.5) is 5.69 Å². The van der Waals surface area contributed by atoms with Crippen molar-refractivity contribution in [1.29, 1.82) is 0 Å². The first-order valence-corrected chi connectivity index (χ1v) is 5.81. The average molecular weight is 204 g/mol. The molecule has 0 fully saturated rings. The van der Waals surface area contributed by atoms with Crippen molar-refractivity contribution in [3.63, 3.8) is 0 Å². The van der Waals surface area contributed by atoms with Gasteiger partial charge >= 0.3 is 0 Å². The van der Waals surface area contributed by atoms with Crippen LogP contribution in [0.1, 0.15) is 20.3 Å². The van der Waals surface area contributed by atoms with Crippen LogP contribution in [0, 0.1) is 0 Å². The Labute approximate surface area is 93.6 Å². The molecule has 0 saturated carbocycles. The van der Waals surface area contributed by atoms with Crippen LogP contribution in [0.15, 0.2) is 43.0 Å². The predicted octanol–water partition coefficient (Wildman–Crippen LogP) is 3.61. The molecule has 0 aliphatic carbocycles. The maximum absolute atomic E-state index is 3.82. The molecule has 0 aliphatic heterocycles. The summed E-state index contributed by atoms with van der Waals surface area (Å²) >= 11 is 0. The number of hydrogen-bond acceptors (Lipinski definition) is 0. The molecule has 0 unspecified atom stereocenters. The Bertz CT molecular complexity index is 285. The molecular weight excluding hydrogens is 182 g/mol. The van der Waals surface area contributed by atoms with Crippen molar-refractivity contribution in [2.75, 3.05) is 19.6 Å². The summed E-state index contributed by atoms with van der Waals surface area (Å²) in [5.74, 6) is 0. The zero-order chi connectivity index (χ0) is 11.1. The highest BCUT2D eigenvalue weighted by Gasteiger charge is 2.24. The van der Waals surface area contributed by atoms with E-state index in [1.165, 1.54) is 5.69 Å². The van der Waals surface area contributed by atoms with E-state index in [1.54, 1.807) is 0 Å². The van der Waals surface area contributed by atoms with E-state index in [4.69, 9.17) is 0 Å². The number of rotatable bonds is 6. The first kappa shape index (κ1) is 12.0. The maximum atomic E-state index is 3.82. The van der Waals surface area contributed by atoms with Gasteiger partial charge in [0.15, 0.2) is 0 Å². The molecule has 1 heteroatoms. The maximum Gasteiger partial charge on any atom is 0.132 e. The van der Waals surface area contributed by atoms with Crippen molar-refractivity contribution in [1.82, 2.24) is 4.48 Å². The molecule has 1 aromatic carbocycles. The standard InChI is InChI=1S/C14H22N/c1-4-7-13-15(5-2,6-3)14-11-9-8-10-12-14/h4,8-12H,1,5-7,13H2,2-3H3/q+1. The van der Waals surface area contributed by atoms with Crippen LogP contribution in [0.5, 0.6) is 0 Å². The lowest BCUT2D eigenvalue weighted by Gasteiger charge is -2.36. The average Bonchev–Trinajstić information content (AvgIpc) is 2.33. The molecular formula is C14H22N+. The predicted molar refractivity (Wildman–Crippen MR) is 69.0 cm³/mol. The van der Waals surface area contributed by atoms with Crippen LogP contribution >= 0.6 is 0 Å². The van der Waals surface area contributed by atoms with Crippen LogP contribution in [-0.2, 0) is 0 Å². The van der Waals surface area contributed by atoms with E-state index in [2.05, 4.69) is 50.8 Å². The fraction of sp³-hybridized carbons (Fsp3) is 0.429. The summed E-state index contributed by atoms with van der Waals surface area (Å²) in [5, 5.41) is 0. The van der Waals surface area contributed by atoms with Crippen molar-refractivity contribution in [2.24, 2.45) is 0 Å². The summed E-state index contributed by atoms with van der Waals surface area (Å²) in [5.41, 5.74) is 1.42. The van der Waals surface area contributed by atoms with Gasteiger partial charge in [-0.2, -0.15) is 0 Å². The van der Waals surface area contributed by atoms with Crippen LogP contribution in [0.3, 0.4) is 0 Å². The van der Waals surface area contributed by atoms with Crippen molar-refractivity contribution in [3.05, 3.63) is 43.0 Å². The van der Waals surface area contributed by atoms with Gasteiger partial charge in [0, 0.05) is 6.42 Å². The zero-order valence-corrected chi connectivity index (χ0v) is 9.95. The molecule has 0 N–H and O–H groups in total. The van der Waals surface area contributed by atoms with Gasteiger partial charge in [-0.05, 0) is 26.0 Å². The van der Waals surface area contributed by atoms with E-state index in [9.17, 15) is 0 Å². The second-order valence-corrected chi connectivity index (χ2v) is 3.91. The third-order valence-corrected chi connectivity index (χ3v) is 3.28. The Hall–Kier alpha value is -1.08. The van der Waals surface area contributed by atoms with Gasteiger partial charge in [-0.15, -0.1) is 6.58 Å². The van der Waals surface area contributed by atoms with Crippen LogP contribution in [0.25, 0.3) is 0 Å². The Balaban J connectivity index is 2.94. The zero-order valence-electron chi connectivity index (χ0n) is 9.95. The van der Waals surface area contributed by atoms with Gasteiger partial charge in [-0.25, -0.2) is 0 Å². The number of hydrogen-bond donors (Lipinski definition) is 0. The monoisotopic (exact) mass is 204 g/mol. The molecule has 0 atom stereocenters.